The number of nitrogens with one attached hydrogen (secondary N) is 2. The van der Waals surface area contributed by atoms with Gasteiger partial charge in [0.15, 0.2) is 0 Å². The summed E-state index contributed by atoms with van der Waals surface area (Å²) in [7, 11) is 0. The summed E-state index contributed by atoms with van der Waals surface area (Å²) in [5.74, 6) is 0. The maximum atomic E-state index is 4.93. The van der Waals surface area contributed by atoms with Gasteiger partial charge in [-0.15, -0.1) is 0 Å². The molecule has 0 aromatic carbocycles. The summed E-state index contributed by atoms with van der Waals surface area (Å²) in [6, 6.07) is 8.84. The summed E-state index contributed by atoms with van der Waals surface area (Å²) in [5, 5.41) is 0. The van der Waals surface area contributed by atoms with E-state index in [9.17, 15) is 0 Å². The number of aryl methyl sites for hydroxylation is 2. The van der Waals surface area contributed by atoms with Gasteiger partial charge in [-0.3, -0.25) is 0 Å². The first kappa shape index (κ1) is 18.1. The van der Waals surface area contributed by atoms with E-state index in [1.807, 2.05) is 0 Å². The number of H-pyrrole nitrogens is 2. The average Bonchev–Trinajstić information content (AvgIpc) is 3.39. The molecule has 2 N–H and O–H groups in total. The maximum absolute atomic E-state index is 4.93. The predicted molar refractivity (Wildman–Crippen MR) is 114 cm³/mol. The summed E-state index contributed by atoms with van der Waals surface area (Å²) in [6.45, 7) is 2.21. The van der Waals surface area contributed by atoms with Crippen LogP contribution in [0.15, 0.2) is 46.6 Å². The fourth-order valence-electron chi connectivity index (χ4n) is 4.11. The van der Waals surface area contributed by atoms with Crippen molar-refractivity contribution in [3.8, 4) is 0 Å². The van der Waals surface area contributed by atoms with E-state index in [1.54, 1.807) is 0 Å². The smallest absolute Gasteiger partial charge is 0.0875 e. The zero-order valence-corrected chi connectivity index (χ0v) is 16.5. The first-order valence-corrected chi connectivity index (χ1v) is 10.7. The van der Waals surface area contributed by atoms with E-state index in [-0.39, 0.29) is 0 Å². The van der Waals surface area contributed by atoms with Crippen molar-refractivity contribution >= 4 is 11.8 Å². The van der Waals surface area contributed by atoms with Gasteiger partial charge in [-0.1, -0.05) is 39.0 Å². The first-order chi connectivity index (χ1) is 13.3. The molecule has 0 spiro atoms. The Morgan fingerprint density at radius 2 is 1.44 bits per heavy atom. The molecular weight excluding hydrogens is 330 g/mol. The van der Waals surface area contributed by atoms with Gasteiger partial charge < -0.3 is 9.97 Å². The molecule has 0 atom stereocenters. The Morgan fingerprint density at radius 1 is 0.778 bits per heavy atom. The Bertz CT molecular complexity index is 860. The number of hydrogen-bond donors (Lipinski definition) is 2. The van der Waals surface area contributed by atoms with Crippen molar-refractivity contribution in [2.45, 2.75) is 71.1 Å². The first-order valence-electron chi connectivity index (χ1n) is 10.7. The molecule has 142 valence electrons. The second-order valence-corrected chi connectivity index (χ2v) is 7.86. The summed E-state index contributed by atoms with van der Waals surface area (Å²) in [5.41, 5.74) is 8.45. The van der Waals surface area contributed by atoms with Gasteiger partial charge in [0.2, 0.25) is 0 Å². The Kier molecular flexibility index (Phi) is 5.76. The van der Waals surface area contributed by atoms with Crippen molar-refractivity contribution < 1.29 is 0 Å². The average molecular weight is 362 g/mol. The topological polar surface area (TPSA) is 43.9 Å². The van der Waals surface area contributed by atoms with Gasteiger partial charge in [-0.05, 0) is 74.1 Å². The molecule has 2 aromatic heterocycles. The Morgan fingerprint density at radius 3 is 2.19 bits per heavy atom. The van der Waals surface area contributed by atoms with Crippen LogP contribution in [0.5, 0.6) is 0 Å². The molecule has 0 saturated heterocycles. The molecule has 27 heavy (non-hydrogen) atoms. The van der Waals surface area contributed by atoms with Crippen molar-refractivity contribution in [2.24, 2.45) is 4.99 Å². The SMILES string of the molecule is CCC1=CC2=N/C1=C\c1ccc([nH]1)CCCCCCCCCc1ccc2[nH]1. The zero-order valence-electron chi connectivity index (χ0n) is 16.5. The van der Waals surface area contributed by atoms with Crippen molar-refractivity contribution in [3.63, 3.8) is 0 Å². The Balaban J connectivity index is 1.61. The van der Waals surface area contributed by atoms with Crippen LogP contribution in [-0.4, -0.2) is 15.7 Å². The minimum absolute atomic E-state index is 1.000. The fourth-order valence-corrected chi connectivity index (χ4v) is 4.11. The molecule has 6 bridgehead atoms. The van der Waals surface area contributed by atoms with Gasteiger partial charge >= 0.3 is 0 Å². The van der Waals surface area contributed by atoms with E-state index in [4.69, 9.17) is 4.99 Å². The van der Waals surface area contributed by atoms with Crippen LogP contribution in [0.2, 0.25) is 0 Å². The Hall–Kier alpha value is -2.29. The standard InChI is InChI=1S/C24H31N3/c1-2-18-16-24-22-15-14-20(26-22)11-9-7-5-3-4-6-8-10-19-12-13-21(25-19)17-23(18)27-24/h12-17,25-26H,2-11H2,1H3/b23-17-. The third-order valence-corrected chi connectivity index (χ3v) is 5.74. The van der Waals surface area contributed by atoms with E-state index in [0.29, 0.717) is 0 Å². The van der Waals surface area contributed by atoms with E-state index in [0.717, 1.165) is 42.1 Å². The molecule has 2 aromatic rings. The second kappa shape index (κ2) is 8.60. The zero-order chi connectivity index (χ0) is 18.5. The van der Waals surface area contributed by atoms with Crippen molar-refractivity contribution in [1.82, 2.24) is 9.97 Å². The lowest BCUT2D eigenvalue weighted by Crippen LogP contribution is -1.95. The lowest BCUT2D eigenvalue weighted by atomic mass is 10.1. The molecule has 2 aliphatic rings. The van der Waals surface area contributed by atoms with Crippen molar-refractivity contribution in [2.75, 3.05) is 0 Å². The highest BCUT2D eigenvalue weighted by atomic mass is 14.8. The van der Waals surface area contributed by atoms with E-state index >= 15 is 0 Å². The third kappa shape index (κ3) is 4.52. The third-order valence-electron chi connectivity index (χ3n) is 5.74. The maximum Gasteiger partial charge on any atom is 0.0875 e. The normalized spacial score (nSPS) is 20.7. The van der Waals surface area contributed by atoms with Crippen LogP contribution in [0.1, 0.15) is 81.1 Å². The van der Waals surface area contributed by atoms with E-state index in [2.05, 4.69) is 53.3 Å². The summed E-state index contributed by atoms with van der Waals surface area (Å²) in [6.07, 6.45) is 17.1. The van der Waals surface area contributed by atoms with Crippen molar-refractivity contribution in [3.05, 3.63) is 64.4 Å². The van der Waals surface area contributed by atoms with Crippen LogP contribution in [0.3, 0.4) is 0 Å². The molecule has 0 unspecified atom stereocenters. The molecule has 0 saturated carbocycles. The van der Waals surface area contributed by atoms with Gasteiger partial charge in [-0.2, -0.15) is 0 Å². The molecule has 0 amide bonds. The predicted octanol–water partition coefficient (Wildman–Crippen LogP) is 6.35. The highest BCUT2D eigenvalue weighted by Crippen LogP contribution is 2.27. The fraction of sp³-hybridized carbons (Fsp3) is 0.458. The number of aromatic amines is 2. The number of nitrogens with zero attached hydrogens (tertiary/aromatic N) is 1. The van der Waals surface area contributed by atoms with Crippen LogP contribution >= 0.6 is 0 Å². The van der Waals surface area contributed by atoms with E-state index < -0.39 is 0 Å². The molecule has 3 heteroatoms. The molecular formula is C24H31N3. The van der Waals surface area contributed by atoms with Crippen LogP contribution < -0.4 is 0 Å². The summed E-state index contributed by atoms with van der Waals surface area (Å²) < 4.78 is 0. The highest BCUT2D eigenvalue weighted by Gasteiger charge is 2.16. The molecule has 4 rings (SSSR count). The molecule has 3 nitrogen and oxygen atoms in total. The molecule has 0 aliphatic carbocycles. The number of allylic oxidation sites excluding steroid dienone is 2. The molecule has 2 aliphatic heterocycles. The van der Waals surface area contributed by atoms with Gasteiger partial charge in [0.25, 0.3) is 0 Å². The largest absolute Gasteiger partial charge is 0.359 e. The van der Waals surface area contributed by atoms with Crippen molar-refractivity contribution in [1.29, 1.82) is 0 Å². The quantitative estimate of drug-likeness (QED) is 0.594. The van der Waals surface area contributed by atoms with Gasteiger partial charge in [0, 0.05) is 17.1 Å². The highest BCUT2D eigenvalue weighted by molar-refractivity contribution is 6.11. The lowest BCUT2D eigenvalue weighted by Gasteiger charge is -2.02. The van der Waals surface area contributed by atoms with Gasteiger partial charge in [0.05, 0.1) is 17.1 Å². The molecule has 0 radical (unpaired) electrons. The minimum atomic E-state index is 1.000. The monoisotopic (exact) mass is 361 g/mol. The van der Waals surface area contributed by atoms with Crippen LogP contribution in [0.25, 0.3) is 6.08 Å². The summed E-state index contributed by atoms with van der Waals surface area (Å²) in [4.78, 5) is 12.1. The van der Waals surface area contributed by atoms with Gasteiger partial charge in [-0.25, -0.2) is 4.99 Å². The number of hydrogen-bond acceptors (Lipinski definition) is 1. The number of rotatable bonds is 1. The van der Waals surface area contributed by atoms with E-state index in [1.165, 1.54) is 61.9 Å². The van der Waals surface area contributed by atoms with Crippen LogP contribution in [0, 0.1) is 0 Å². The number of aromatic nitrogens is 2. The Labute approximate surface area is 162 Å². The summed E-state index contributed by atoms with van der Waals surface area (Å²) >= 11 is 0. The molecule has 4 heterocycles. The lowest BCUT2D eigenvalue weighted by molar-refractivity contribution is 0.576. The molecule has 0 fully saturated rings. The van der Waals surface area contributed by atoms with Crippen LogP contribution in [0.4, 0.5) is 0 Å². The number of fused-ring (bicyclic) bond motifs is 6. The minimum Gasteiger partial charge on any atom is -0.359 e. The van der Waals surface area contributed by atoms with Gasteiger partial charge in [0.1, 0.15) is 0 Å². The second-order valence-electron chi connectivity index (χ2n) is 7.86. The van der Waals surface area contributed by atoms with Crippen LogP contribution in [-0.2, 0) is 12.8 Å². The number of aliphatic imine (C=N–C) groups is 1.